The average molecular weight is 275 g/mol. The number of aliphatic hydroxyl groups is 1. The van der Waals surface area contributed by atoms with Gasteiger partial charge in [0.2, 0.25) is 0 Å². The molecule has 0 spiro atoms. The number of rotatable bonds is 3. The third-order valence-corrected chi connectivity index (χ3v) is 4.22. The Labute approximate surface area is 112 Å². The Balaban J connectivity index is 2.09. The number of benzene rings is 1. The molecule has 0 aliphatic rings. The van der Waals surface area contributed by atoms with E-state index in [1.165, 1.54) is 29.6 Å². The Hall–Kier alpha value is -1.50. The van der Waals surface area contributed by atoms with Gasteiger partial charge in [-0.25, -0.2) is 9.97 Å². The van der Waals surface area contributed by atoms with Crippen molar-refractivity contribution in [2.24, 2.45) is 0 Å². The van der Waals surface area contributed by atoms with Crippen LogP contribution in [0.25, 0.3) is 10.9 Å². The molecule has 0 unspecified atom stereocenters. The summed E-state index contributed by atoms with van der Waals surface area (Å²) in [4.78, 5) is 8.68. The molecule has 6 heteroatoms. The van der Waals surface area contributed by atoms with Gasteiger partial charge in [0, 0.05) is 10.9 Å². The molecule has 0 saturated heterocycles. The Morgan fingerprint density at radius 3 is 2.94 bits per heavy atom. The van der Waals surface area contributed by atoms with Crippen LogP contribution in [0, 0.1) is 0 Å². The van der Waals surface area contributed by atoms with Crippen LogP contribution in [0.3, 0.4) is 0 Å². The largest absolute Gasteiger partial charge is 0.392 e. The molecule has 0 atom stereocenters. The number of hydrogen-bond donors (Lipinski definition) is 1. The van der Waals surface area contributed by atoms with Crippen LogP contribution in [0.5, 0.6) is 0 Å². The van der Waals surface area contributed by atoms with E-state index in [1.807, 2.05) is 30.3 Å². The molecule has 0 aliphatic carbocycles. The van der Waals surface area contributed by atoms with E-state index in [1.54, 1.807) is 0 Å². The van der Waals surface area contributed by atoms with E-state index in [0.717, 1.165) is 25.8 Å². The fourth-order valence-corrected chi connectivity index (χ4v) is 3.09. The molecule has 0 amide bonds. The SMILES string of the molecule is OCc1cc2ccccc2nc1Sc1ncns1. The van der Waals surface area contributed by atoms with Gasteiger partial charge in [-0.1, -0.05) is 18.2 Å². The fourth-order valence-electron chi connectivity index (χ4n) is 1.63. The smallest absolute Gasteiger partial charge is 0.176 e. The number of aliphatic hydroxyl groups excluding tert-OH is 1. The lowest BCUT2D eigenvalue weighted by atomic mass is 10.2. The molecule has 0 bridgehead atoms. The zero-order chi connectivity index (χ0) is 12.4. The van der Waals surface area contributed by atoms with E-state index < -0.39 is 0 Å². The highest BCUT2D eigenvalue weighted by Crippen LogP contribution is 2.31. The van der Waals surface area contributed by atoms with Crippen molar-refractivity contribution in [3.63, 3.8) is 0 Å². The van der Waals surface area contributed by atoms with Gasteiger partial charge in [-0.15, -0.1) is 0 Å². The van der Waals surface area contributed by atoms with Gasteiger partial charge in [-0.2, -0.15) is 4.37 Å². The Morgan fingerprint density at radius 1 is 1.28 bits per heavy atom. The first-order valence-electron chi connectivity index (χ1n) is 5.31. The van der Waals surface area contributed by atoms with Gasteiger partial charge >= 0.3 is 0 Å². The molecule has 2 heterocycles. The molecule has 0 aliphatic heterocycles. The minimum absolute atomic E-state index is 0.0288. The molecule has 0 radical (unpaired) electrons. The third-order valence-electron chi connectivity index (χ3n) is 2.46. The molecule has 1 aromatic carbocycles. The summed E-state index contributed by atoms with van der Waals surface area (Å²) in [6.45, 7) is -0.0288. The monoisotopic (exact) mass is 275 g/mol. The molecule has 1 N–H and O–H groups in total. The van der Waals surface area contributed by atoms with Crippen LogP contribution in [0.2, 0.25) is 0 Å². The summed E-state index contributed by atoms with van der Waals surface area (Å²) in [7, 11) is 0. The van der Waals surface area contributed by atoms with Crippen molar-refractivity contribution < 1.29 is 5.11 Å². The van der Waals surface area contributed by atoms with Crippen LogP contribution in [-0.4, -0.2) is 19.4 Å². The Kier molecular flexibility index (Phi) is 3.22. The average Bonchev–Trinajstić information content (AvgIpc) is 2.91. The molecule has 2 aromatic heterocycles. The lowest BCUT2D eigenvalue weighted by Crippen LogP contribution is -1.92. The summed E-state index contributed by atoms with van der Waals surface area (Å²) in [5.41, 5.74) is 1.73. The van der Waals surface area contributed by atoms with E-state index >= 15 is 0 Å². The van der Waals surface area contributed by atoms with Crippen molar-refractivity contribution in [2.45, 2.75) is 16.0 Å². The number of para-hydroxylation sites is 1. The van der Waals surface area contributed by atoms with E-state index in [-0.39, 0.29) is 6.61 Å². The van der Waals surface area contributed by atoms with Crippen molar-refractivity contribution in [2.75, 3.05) is 0 Å². The maximum atomic E-state index is 9.42. The van der Waals surface area contributed by atoms with Crippen LogP contribution in [0.1, 0.15) is 5.56 Å². The van der Waals surface area contributed by atoms with Crippen molar-refractivity contribution in [1.29, 1.82) is 0 Å². The van der Waals surface area contributed by atoms with Crippen LogP contribution < -0.4 is 0 Å². The number of pyridine rings is 1. The number of fused-ring (bicyclic) bond motifs is 1. The van der Waals surface area contributed by atoms with E-state index in [4.69, 9.17) is 0 Å². The van der Waals surface area contributed by atoms with E-state index in [0.29, 0.717) is 0 Å². The lowest BCUT2D eigenvalue weighted by molar-refractivity contribution is 0.278. The van der Waals surface area contributed by atoms with Gasteiger partial charge in [-0.3, -0.25) is 0 Å². The first-order valence-corrected chi connectivity index (χ1v) is 6.90. The summed E-state index contributed by atoms with van der Waals surface area (Å²) < 4.78 is 4.78. The van der Waals surface area contributed by atoms with Gasteiger partial charge < -0.3 is 5.11 Å². The highest BCUT2D eigenvalue weighted by Gasteiger charge is 2.09. The third kappa shape index (κ3) is 2.22. The zero-order valence-electron chi connectivity index (χ0n) is 9.28. The molecular weight excluding hydrogens is 266 g/mol. The molecule has 3 rings (SSSR count). The maximum absolute atomic E-state index is 9.42. The summed E-state index contributed by atoms with van der Waals surface area (Å²) in [6.07, 6.45) is 1.52. The van der Waals surface area contributed by atoms with Crippen LogP contribution in [0.15, 0.2) is 46.0 Å². The summed E-state index contributed by atoms with van der Waals surface area (Å²) in [6, 6.07) is 9.82. The Bertz CT molecular complexity index is 670. The molecule has 0 saturated carbocycles. The second-order valence-electron chi connectivity index (χ2n) is 3.61. The van der Waals surface area contributed by atoms with Crippen LogP contribution in [-0.2, 0) is 6.61 Å². The Morgan fingerprint density at radius 2 is 2.17 bits per heavy atom. The number of aromatic nitrogens is 3. The minimum Gasteiger partial charge on any atom is -0.392 e. The van der Waals surface area contributed by atoms with Gasteiger partial charge in [0.05, 0.1) is 12.1 Å². The van der Waals surface area contributed by atoms with Crippen LogP contribution >= 0.6 is 23.3 Å². The van der Waals surface area contributed by atoms with Gasteiger partial charge in [0.15, 0.2) is 4.34 Å². The highest BCUT2D eigenvalue weighted by molar-refractivity contribution is 8.00. The predicted octanol–water partition coefficient (Wildman–Crippen LogP) is 2.73. The second-order valence-corrected chi connectivity index (χ2v) is 5.63. The highest BCUT2D eigenvalue weighted by atomic mass is 32.2. The molecule has 3 aromatic rings. The van der Waals surface area contributed by atoms with Crippen molar-refractivity contribution in [3.05, 3.63) is 42.2 Å². The van der Waals surface area contributed by atoms with Crippen molar-refractivity contribution in [3.8, 4) is 0 Å². The molecule has 90 valence electrons. The first kappa shape index (κ1) is 11.6. The topological polar surface area (TPSA) is 58.9 Å². The molecule has 4 nitrogen and oxygen atoms in total. The van der Waals surface area contributed by atoms with E-state index in [2.05, 4.69) is 14.3 Å². The standard InChI is InChI=1S/C12H9N3OS2/c16-6-9-5-8-3-1-2-4-10(8)15-11(9)17-12-13-7-14-18-12/h1-5,7,16H,6H2. The molecular formula is C12H9N3OS2. The minimum atomic E-state index is -0.0288. The summed E-state index contributed by atoms with van der Waals surface area (Å²) >= 11 is 2.76. The lowest BCUT2D eigenvalue weighted by Gasteiger charge is -2.06. The van der Waals surface area contributed by atoms with Crippen LogP contribution in [0.4, 0.5) is 0 Å². The molecule has 0 fully saturated rings. The zero-order valence-corrected chi connectivity index (χ0v) is 10.9. The fraction of sp³-hybridized carbons (Fsp3) is 0.0833. The normalized spacial score (nSPS) is 10.9. The number of nitrogens with zero attached hydrogens (tertiary/aromatic N) is 3. The molecule has 18 heavy (non-hydrogen) atoms. The summed E-state index contributed by atoms with van der Waals surface area (Å²) in [5.74, 6) is 0. The quantitative estimate of drug-likeness (QED) is 0.796. The van der Waals surface area contributed by atoms with Gasteiger partial charge in [-0.05, 0) is 35.4 Å². The van der Waals surface area contributed by atoms with Gasteiger partial charge in [0.1, 0.15) is 11.4 Å². The maximum Gasteiger partial charge on any atom is 0.176 e. The van der Waals surface area contributed by atoms with Crippen molar-refractivity contribution in [1.82, 2.24) is 14.3 Å². The second kappa shape index (κ2) is 5.01. The predicted molar refractivity (Wildman–Crippen MR) is 71.7 cm³/mol. The van der Waals surface area contributed by atoms with Gasteiger partial charge in [0.25, 0.3) is 0 Å². The number of hydrogen-bond acceptors (Lipinski definition) is 6. The first-order chi connectivity index (χ1) is 8.86. The van der Waals surface area contributed by atoms with E-state index in [9.17, 15) is 5.11 Å². The summed E-state index contributed by atoms with van der Waals surface area (Å²) in [5, 5.41) is 11.2. The van der Waals surface area contributed by atoms with Crippen molar-refractivity contribution >= 4 is 34.2 Å².